The number of carbonyl (C=O) groups excluding carboxylic acids is 2. The maximum Gasteiger partial charge on any atom is 0.228 e. The van der Waals surface area contributed by atoms with Crippen LogP contribution in [0.5, 0.6) is 0 Å². The van der Waals surface area contributed by atoms with Gasteiger partial charge in [-0.3, -0.25) is 14.7 Å². The summed E-state index contributed by atoms with van der Waals surface area (Å²) in [6, 6.07) is 10.2. The Hall–Kier alpha value is -2.63. The van der Waals surface area contributed by atoms with Crippen molar-refractivity contribution in [3.05, 3.63) is 52.8 Å². The molecule has 2 aromatic rings. The number of nitrogens with zero attached hydrogens (tertiary/aromatic N) is 3. The molecule has 1 aliphatic heterocycles. The Labute approximate surface area is 159 Å². The van der Waals surface area contributed by atoms with Gasteiger partial charge in [0.15, 0.2) is 0 Å². The second-order valence-electron chi connectivity index (χ2n) is 7.95. The van der Waals surface area contributed by atoms with Gasteiger partial charge in [0, 0.05) is 32.5 Å². The molecule has 0 bridgehead atoms. The summed E-state index contributed by atoms with van der Waals surface area (Å²) in [6.07, 6.45) is 2.71. The van der Waals surface area contributed by atoms with Crippen molar-refractivity contribution in [2.45, 2.75) is 45.2 Å². The van der Waals surface area contributed by atoms with Crippen LogP contribution in [0, 0.1) is 12.8 Å². The predicted molar refractivity (Wildman–Crippen MR) is 102 cm³/mol. The second kappa shape index (κ2) is 7.18. The molecule has 1 N–H and O–H groups in total. The lowest BCUT2D eigenvalue weighted by atomic mass is 10.1. The highest BCUT2D eigenvalue weighted by atomic mass is 16.2. The number of carbonyl (C=O) groups is 2. The third kappa shape index (κ3) is 4.04. The molecule has 4 rings (SSSR count). The molecular formula is C21H26N4O2. The van der Waals surface area contributed by atoms with Gasteiger partial charge >= 0.3 is 0 Å². The van der Waals surface area contributed by atoms with Gasteiger partial charge in [-0.2, -0.15) is 5.10 Å². The molecule has 2 heterocycles. The number of hydrogen-bond donors (Lipinski definition) is 1. The maximum absolute atomic E-state index is 12.8. The van der Waals surface area contributed by atoms with E-state index >= 15 is 0 Å². The molecule has 1 aliphatic carbocycles. The van der Waals surface area contributed by atoms with Gasteiger partial charge < -0.3 is 9.80 Å². The Morgan fingerprint density at radius 1 is 1.30 bits per heavy atom. The fourth-order valence-electron chi connectivity index (χ4n) is 3.70. The number of rotatable bonds is 6. The normalized spacial score (nSPS) is 19.6. The number of aryl methyl sites for hydroxylation is 1. The molecular weight excluding hydrogens is 340 g/mol. The van der Waals surface area contributed by atoms with E-state index in [4.69, 9.17) is 0 Å². The van der Waals surface area contributed by atoms with E-state index in [0.717, 1.165) is 17.0 Å². The quantitative estimate of drug-likeness (QED) is 0.854. The number of aromatic nitrogens is 2. The number of nitrogens with one attached hydrogen (secondary N) is 1. The monoisotopic (exact) mass is 366 g/mol. The second-order valence-corrected chi connectivity index (χ2v) is 7.95. The third-order valence-corrected chi connectivity index (χ3v) is 5.49. The summed E-state index contributed by atoms with van der Waals surface area (Å²) in [5, 5.41) is 7.38. The maximum atomic E-state index is 12.8. The zero-order chi connectivity index (χ0) is 19.0. The topological polar surface area (TPSA) is 69.3 Å². The first-order valence-electron chi connectivity index (χ1n) is 9.62. The lowest BCUT2D eigenvalue weighted by Crippen LogP contribution is -2.34. The van der Waals surface area contributed by atoms with E-state index in [1.165, 1.54) is 18.4 Å². The van der Waals surface area contributed by atoms with Crippen LogP contribution in [0.3, 0.4) is 0 Å². The van der Waals surface area contributed by atoms with Gasteiger partial charge in [-0.05, 0) is 31.4 Å². The van der Waals surface area contributed by atoms with Crippen LogP contribution in [0.1, 0.15) is 47.7 Å². The van der Waals surface area contributed by atoms with E-state index < -0.39 is 0 Å². The van der Waals surface area contributed by atoms with Crippen molar-refractivity contribution < 1.29 is 9.59 Å². The first-order chi connectivity index (χ1) is 13.0. The van der Waals surface area contributed by atoms with Crippen LogP contribution in [0.15, 0.2) is 30.3 Å². The summed E-state index contributed by atoms with van der Waals surface area (Å²) in [5.41, 5.74) is 4.35. The van der Waals surface area contributed by atoms with Crippen LogP contribution in [0.25, 0.3) is 0 Å². The van der Waals surface area contributed by atoms with Gasteiger partial charge in [0.25, 0.3) is 0 Å². The van der Waals surface area contributed by atoms with Crippen LogP contribution >= 0.6 is 0 Å². The summed E-state index contributed by atoms with van der Waals surface area (Å²) >= 11 is 0. The summed E-state index contributed by atoms with van der Waals surface area (Å²) in [4.78, 5) is 28.7. The van der Waals surface area contributed by atoms with Gasteiger partial charge in [-0.15, -0.1) is 0 Å². The van der Waals surface area contributed by atoms with Crippen LogP contribution < -0.4 is 0 Å². The molecule has 0 spiro atoms. The Morgan fingerprint density at radius 3 is 2.74 bits per heavy atom. The summed E-state index contributed by atoms with van der Waals surface area (Å²) in [6.45, 7) is 3.61. The van der Waals surface area contributed by atoms with Gasteiger partial charge in [0.05, 0.1) is 23.9 Å². The molecule has 1 atom stereocenters. The SMILES string of the molecule is Cc1ccc(CN2CC(C(=O)N(C)Cc3cc(C4CC4)n[nH]3)CC2=O)cc1. The third-order valence-electron chi connectivity index (χ3n) is 5.49. The van der Waals surface area contributed by atoms with Gasteiger partial charge in [0.1, 0.15) is 0 Å². The fraction of sp³-hybridized carbons (Fsp3) is 0.476. The summed E-state index contributed by atoms with van der Waals surface area (Å²) in [7, 11) is 1.80. The van der Waals surface area contributed by atoms with Crippen LogP contribution in [0.2, 0.25) is 0 Å². The molecule has 2 fully saturated rings. The van der Waals surface area contributed by atoms with E-state index in [-0.39, 0.29) is 17.7 Å². The molecule has 1 unspecified atom stereocenters. The van der Waals surface area contributed by atoms with Gasteiger partial charge in [-0.25, -0.2) is 0 Å². The highest BCUT2D eigenvalue weighted by Gasteiger charge is 2.36. The number of aromatic amines is 1. The number of benzene rings is 1. The Bertz CT molecular complexity index is 838. The van der Waals surface area contributed by atoms with Crippen molar-refractivity contribution >= 4 is 11.8 Å². The Balaban J connectivity index is 1.34. The molecule has 1 aromatic carbocycles. The molecule has 6 heteroatoms. The first-order valence-corrected chi connectivity index (χ1v) is 9.62. The number of amides is 2. The molecule has 6 nitrogen and oxygen atoms in total. The zero-order valence-electron chi connectivity index (χ0n) is 15.9. The summed E-state index contributed by atoms with van der Waals surface area (Å²) in [5.74, 6) is 0.412. The zero-order valence-corrected chi connectivity index (χ0v) is 15.9. The van der Waals surface area contributed by atoms with Crippen molar-refractivity contribution in [3.8, 4) is 0 Å². The molecule has 1 saturated heterocycles. The molecule has 27 heavy (non-hydrogen) atoms. The van der Waals surface area contributed by atoms with Gasteiger partial charge in [-0.1, -0.05) is 29.8 Å². The van der Waals surface area contributed by atoms with Crippen molar-refractivity contribution in [1.82, 2.24) is 20.0 Å². The van der Waals surface area contributed by atoms with E-state index in [2.05, 4.69) is 16.3 Å². The van der Waals surface area contributed by atoms with Crippen LogP contribution in [-0.2, 0) is 22.7 Å². The average Bonchev–Trinajstić information content (AvgIpc) is 3.30. The molecule has 1 aromatic heterocycles. The highest BCUT2D eigenvalue weighted by molar-refractivity contribution is 5.89. The lowest BCUT2D eigenvalue weighted by molar-refractivity contribution is -0.135. The predicted octanol–water partition coefficient (Wildman–Crippen LogP) is 2.60. The van der Waals surface area contributed by atoms with E-state index in [1.807, 2.05) is 31.2 Å². The Morgan fingerprint density at radius 2 is 2.04 bits per heavy atom. The molecule has 0 radical (unpaired) electrons. The van der Waals surface area contributed by atoms with E-state index in [1.54, 1.807) is 16.8 Å². The number of H-pyrrole nitrogens is 1. The smallest absolute Gasteiger partial charge is 0.228 e. The van der Waals surface area contributed by atoms with Crippen LogP contribution in [0.4, 0.5) is 0 Å². The highest BCUT2D eigenvalue weighted by Crippen LogP contribution is 2.39. The minimum Gasteiger partial charge on any atom is -0.340 e. The molecule has 2 aliphatic rings. The number of hydrogen-bond acceptors (Lipinski definition) is 3. The number of likely N-dealkylation sites (tertiary alicyclic amines) is 1. The molecule has 1 saturated carbocycles. The van der Waals surface area contributed by atoms with Crippen molar-refractivity contribution in [2.75, 3.05) is 13.6 Å². The molecule has 2 amide bonds. The van der Waals surface area contributed by atoms with E-state index in [0.29, 0.717) is 32.0 Å². The van der Waals surface area contributed by atoms with E-state index in [9.17, 15) is 9.59 Å². The van der Waals surface area contributed by atoms with Crippen molar-refractivity contribution in [1.29, 1.82) is 0 Å². The average molecular weight is 366 g/mol. The summed E-state index contributed by atoms with van der Waals surface area (Å²) < 4.78 is 0. The largest absolute Gasteiger partial charge is 0.340 e. The first kappa shape index (κ1) is 17.8. The fourth-order valence-corrected chi connectivity index (χ4v) is 3.70. The minimum absolute atomic E-state index is 0.0253. The van der Waals surface area contributed by atoms with Gasteiger partial charge in [0.2, 0.25) is 11.8 Å². The minimum atomic E-state index is -0.265. The standard InChI is InChI=1S/C21H26N4O2/c1-14-3-5-15(6-4-14)11-25-12-17(9-20(25)26)21(27)24(2)13-18-10-19(23-22-18)16-7-8-16/h3-6,10,16-17H,7-9,11-13H2,1-2H3,(H,22,23). The van der Waals surface area contributed by atoms with Crippen molar-refractivity contribution in [3.63, 3.8) is 0 Å². The van der Waals surface area contributed by atoms with Crippen molar-refractivity contribution in [2.24, 2.45) is 5.92 Å². The van der Waals surface area contributed by atoms with Crippen LogP contribution in [-0.4, -0.2) is 45.4 Å². The lowest BCUT2D eigenvalue weighted by Gasteiger charge is -2.21. The molecule has 142 valence electrons. The Kier molecular flexibility index (Phi) is 4.72.